The van der Waals surface area contributed by atoms with Gasteiger partial charge in [-0.1, -0.05) is 23.7 Å². The summed E-state index contributed by atoms with van der Waals surface area (Å²) in [7, 11) is 0. The lowest BCUT2D eigenvalue weighted by atomic mass is 10.0. The van der Waals surface area contributed by atoms with Crippen LogP contribution >= 0.6 is 11.6 Å². The van der Waals surface area contributed by atoms with Gasteiger partial charge in [-0.3, -0.25) is 14.6 Å². The number of benzene rings is 2. The summed E-state index contributed by atoms with van der Waals surface area (Å²) in [5.41, 5.74) is 2.66. The Balaban J connectivity index is 1.75. The molecule has 0 spiro atoms. The number of nitrogens with zero attached hydrogens (tertiary/aromatic N) is 3. The van der Waals surface area contributed by atoms with Crippen molar-refractivity contribution < 1.29 is 14.0 Å². The van der Waals surface area contributed by atoms with Crippen LogP contribution in [0.1, 0.15) is 18.1 Å². The fourth-order valence-corrected chi connectivity index (χ4v) is 3.88. The molecule has 4 rings (SSSR count). The van der Waals surface area contributed by atoms with Crippen LogP contribution in [0.5, 0.6) is 0 Å². The summed E-state index contributed by atoms with van der Waals surface area (Å²) in [6.07, 6.45) is 4.14. The molecule has 2 aromatic carbocycles. The van der Waals surface area contributed by atoms with Crippen LogP contribution in [0.25, 0.3) is 5.57 Å². The molecule has 0 fully saturated rings. The van der Waals surface area contributed by atoms with E-state index in [-0.39, 0.29) is 0 Å². The third-order valence-electron chi connectivity index (χ3n) is 5.39. The lowest BCUT2D eigenvalue weighted by molar-refractivity contribution is -0.120. The number of carbonyl (C=O) groups excluding carboxylic acids is 2. The van der Waals surface area contributed by atoms with Crippen LogP contribution in [0.2, 0.25) is 5.02 Å². The Morgan fingerprint density at radius 1 is 0.938 bits per heavy atom. The van der Waals surface area contributed by atoms with E-state index in [0.717, 1.165) is 10.5 Å². The highest BCUT2D eigenvalue weighted by molar-refractivity contribution is 6.45. The molecule has 0 N–H and O–H groups in total. The number of aromatic nitrogens is 1. The van der Waals surface area contributed by atoms with Gasteiger partial charge >= 0.3 is 0 Å². The Morgan fingerprint density at radius 3 is 2.22 bits per heavy atom. The van der Waals surface area contributed by atoms with E-state index < -0.39 is 17.6 Å². The third-order valence-corrected chi connectivity index (χ3v) is 5.65. The molecule has 5 nitrogen and oxygen atoms in total. The highest BCUT2D eigenvalue weighted by Crippen LogP contribution is 2.35. The van der Waals surface area contributed by atoms with E-state index in [1.54, 1.807) is 36.7 Å². The smallest absolute Gasteiger partial charge is 0.282 e. The Kier molecular flexibility index (Phi) is 6.32. The molecule has 0 atom stereocenters. The average Bonchev–Trinajstić information content (AvgIpc) is 3.06. The van der Waals surface area contributed by atoms with Gasteiger partial charge in [-0.2, -0.15) is 0 Å². The Labute approximate surface area is 190 Å². The van der Waals surface area contributed by atoms with Gasteiger partial charge in [0.15, 0.2) is 0 Å². The first-order chi connectivity index (χ1) is 15.5. The van der Waals surface area contributed by atoms with Gasteiger partial charge < -0.3 is 4.90 Å². The maximum absolute atomic E-state index is 13.5. The number of likely N-dealkylation sites (N-methyl/N-ethyl adjacent to an activating group) is 1. The molecule has 1 aromatic heterocycles. The second-order valence-electron chi connectivity index (χ2n) is 7.34. The lowest BCUT2D eigenvalue weighted by Crippen LogP contribution is -2.36. The van der Waals surface area contributed by atoms with Gasteiger partial charge in [-0.15, -0.1) is 0 Å². The van der Waals surface area contributed by atoms with Crippen molar-refractivity contribution in [3.8, 4) is 0 Å². The predicted molar refractivity (Wildman–Crippen MR) is 122 cm³/mol. The molecule has 0 aliphatic carbocycles. The summed E-state index contributed by atoms with van der Waals surface area (Å²) >= 11 is 6.04. The molecule has 2 heterocycles. The summed E-state index contributed by atoms with van der Waals surface area (Å²) in [6.45, 7) is 3.02. The molecule has 3 aromatic rings. The topological polar surface area (TPSA) is 53.5 Å². The average molecular weight is 450 g/mol. The van der Waals surface area contributed by atoms with Crippen molar-refractivity contribution >= 4 is 34.7 Å². The molecule has 1 aliphatic rings. The van der Waals surface area contributed by atoms with E-state index in [1.807, 2.05) is 24.0 Å². The van der Waals surface area contributed by atoms with Crippen LogP contribution in [-0.2, 0) is 16.0 Å². The van der Waals surface area contributed by atoms with Crippen LogP contribution < -0.4 is 4.90 Å². The van der Waals surface area contributed by atoms with E-state index in [1.165, 1.54) is 24.3 Å². The third kappa shape index (κ3) is 4.27. The van der Waals surface area contributed by atoms with E-state index in [4.69, 9.17) is 11.6 Å². The largest absolute Gasteiger partial charge is 0.366 e. The predicted octanol–water partition coefficient (Wildman–Crippen LogP) is 4.72. The number of carbonyl (C=O) groups is 2. The van der Waals surface area contributed by atoms with E-state index in [9.17, 15) is 14.0 Å². The van der Waals surface area contributed by atoms with Gasteiger partial charge in [-0.25, -0.2) is 9.29 Å². The molecule has 0 unspecified atom stereocenters. The number of pyridine rings is 1. The van der Waals surface area contributed by atoms with Gasteiger partial charge in [0.2, 0.25) is 0 Å². The molecule has 32 heavy (non-hydrogen) atoms. The zero-order valence-corrected chi connectivity index (χ0v) is 18.2. The number of anilines is 1. The van der Waals surface area contributed by atoms with Crippen LogP contribution in [0.3, 0.4) is 0 Å². The van der Waals surface area contributed by atoms with Gasteiger partial charge in [0.05, 0.1) is 11.3 Å². The van der Waals surface area contributed by atoms with Crippen LogP contribution in [0, 0.1) is 5.82 Å². The van der Waals surface area contributed by atoms with Gasteiger partial charge in [-0.05, 0) is 73.0 Å². The van der Waals surface area contributed by atoms with Gasteiger partial charge in [0.25, 0.3) is 11.8 Å². The molecular formula is C25H21ClFN3O2. The maximum atomic E-state index is 13.5. The van der Waals surface area contributed by atoms with E-state index >= 15 is 0 Å². The van der Waals surface area contributed by atoms with Crippen LogP contribution in [0.15, 0.2) is 78.8 Å². The zero-order chi connectivity index (χ0) is 22.7. The molecule has 0 radical (unpaired) electrons. The highest BCUT2D eigenvalue weighted by Gasteiger charge is 2.42. The van der Waals surface area contributed by atoms with Crippen molar-refractivity contribution in [3.05, 3.63) is 101 Å². The van der Waals surface area contributed by atoms with Crippen molar-refractivity contribution in [2.45, 2.75) is 13.3 Å². The summed E-state index contributed by atoms with van der Waals surface area (Å²) in [6, 6.07) is 16.0. The molecule has 162 valence electrons. The van der Waals surface area contributed by atoms with Crippen LogP contribution in [-0.4, -0.2) is 34.8 Å². The minimum absolute atomic E-state index is 0.313. The molecule has 0 saturated heterocycles. The molecule has 1 aliphatic heterocycles. The number of amides is 2. The van der Waals surface area contributed by atoms with Crippen molar-refractivity contribution in [2.24, 2.45) is 0 Å². The minimum Gasteiger partial charge on any atom is -0.366 e. The first-order valence-electron chi connectivity index (χ1n) is 10.3. The highest BCUT2D eigenvalue weighted by atomic mass is 35.5. The summed E-state index contributed by atoms with van der Waals surface area (Å²) in [4.78, 5) is 34.1. The number of halogens is 2. The fraction of sp³-hybridized carbons (Fsp3) is 0.160. The van der Waals surface area contributed by atoms with Crippen molar-refractivity contribution in [2.75, 3.05) is 18.0 Å². The molecular weight excluding hydrogens is 429 g/mol. The summed E-state index contributed by atoms with van der Waals surface area (Å²) in [5, 5.41) is 0.535. The Morgan fingerprint density at radius 2 is 1.59 bits per heavy atom. The minimum atomic E-state index is -0.443. The summed E-state index contributed by atoms with van der Waals surface area (Å²) in [5.74, 6) is -1.31. The normalized spacial score (nSPS) is 13.8. The second-order valence-corrected chi connectivity index (χ2v) is 7.77. The molecule has 0 bridgehead atoms. The molecule has 7 heteroatoms. The van der Waals surface area contributed by atoms with E-state index in [0.29, 0.717) is 47.1 Å². The lowest BCUT2D eigenvalue weighted by Gasteiger charge is -2.25. The number of rotatable bonds is 7. The van der Waals surface area contributed by atoms with Crippen molar-refractivity contribution in [1.29, 1.82) is 0 Å². The maximum Gasteiger partial charge on any atom is 0.282 e. The standard InChI is InChI=1S/C25H21ClFN3O2/c1-2-29(16-13-17-11-14-28-15-12-17)23-22(18-3-5-19(26)6-4-18)24(31)30(25(23)32)21-9-7-20(27)8-10-21/h3-12,14-15H,2,13,16H2,1H3. The van der Waals surface area contributed by atoms with E-state index in [2.05, 4.69) is 4.98 Å². The monoisotopic (exact) mass is 449 g/mol. The van der Waals surface area contributed by atoms with Crippen LogP contribution in [0.4, 0.5) is 10.1 Å². The molecule has 0 saturated carbocycles. The number of hydrogen-bond donors (Lipinski definition) is 0. The first kappa shape index (κ1) is 21.7. The number of hydrogen-bond acceptors (Lipinski definition) is 4. The Bertz CT molecular complexity index is 1160. The second kappa shape index (κ2) is 9.32. The zero-order valence-electron chi connectivity index (χ0n) is 17.5. The SMILES string of the molecule is CCN(CCc1ccncc1)C1=C(c2ccc(Cl)cc2)C(=O)N(c2ccc(F)cc2)C1=O. The number of imide groups is 1. The fourth-order valence-electron chi connectivity index (χ4n) is 3.75. The quantitative estimate of drug-likeness (QED) is 0.490. The van der Waals surface area contributed by atoms with Gasteiger partial charge in [0.1, 0.15) is 11.5 Å². The Hall–Kier alpha value is -3.51. The molecule has 2 amide bonds. The first-order valence-corrected chi connectivity index (χ1v) is 10.7. The summed E-state index contributed by atoms with van der Waals surface area (Å²) < 4.78 is 13.4. The van der Waals surface area contributed by atoms with Crippen molar-refractivity contribution in [3.63, 3.8) is 0 Å². The van der Waals surface area contributed by atoms with Gasteiger partial charge in [0, 0.05) is 30.5 Å². The van der Waals surface area contributed by atoms with Crippen molar-refractivity contribution in [1.82, 2.24) is 9.88 Å².